The van der Waals surface area contributed by atoms with Crippen LogP contribution < -0.4 is 15.0 Å². The number of fused-ring (bicyclic) bond motifs is 2. The van der Waals surface area contributed by atoms with Gasteiger partial charge in [0.25, 0.3) is 0 Å². The second-order valence-electron chi connectivity index (χ2n) is 11.5. The minimum Gasteiger partial charge on any atom is -0.477 e. The number of pyridine rings is 2. The van der Waals surface area contributed by atoms with Crippen molar-refractivity contribution < 1.29 is 9.13 Å². The van der Waals surface area contributed by atoms with E-state index in [0.717, 1.165) is 69.1 Å². The predicted octanol–water partition coefficient (Wildman–Crippen LogP) is 6.08. The average Bonchev–Trinajstić information content (AvgIpc) is 3.47. The molecule has 0 amide bonds. The Morgan fingerprint density at radius 2 is 2.10 bits per heavy atom. The highest BCUT2D eigenvalue weighted by Crippen LogP contribution is 2.48. The Bertz CT molecular complexity index is 1350. The molecule has 2 fully saturated rings. The molecule has 212 valence electrons. The number of hydrogen-bond acceptors (Lipinski definition) is 6. The number of anilines is 1. The largest absolute Gasteiger partial charge is 0.477 e. The summed E-state index contributed by atoms with van der Waals surface area (Å²) in [7, 11) is 0. The molecule has 6 nitrogen and oxygen atoms in total. The summed E-state index contributed by atoms with van der Waals surface area (Å²) in [6.45, 7) is 10.6. The summed E-state index contributed by atoms with van der Waals surface area (Å²) in [4.78, 5) is 14.8. The van der Waals surface area contributed by atoms with Gasteiger partial charge in [-0.15, -0.1) is 0 Å². The molecule has 3 aliphatic rings. The monoisotopic (exact) mass is 563 g/mol. The third kappa shape index (κ3) is 5.19. The SMILES string of the molecule is CCOc1ncccc1-c1ccc2c(n1)CN(C[C@H]1CCCN1)CC21CCN(c2ccc(F)cc2Cl)CC1CC. The molecule has 40 heavy (non-hydrogen) atoms. The van der Waals surface area contributed by atoms with Crippen LogP contribution in [0.1, 0.15) is 50.8 Å². The summed E-state index contributed by atoms with van der Waals surface area (Å²) in [5.74, 6) is 0.742. The van der Waals surface area contributed by atoms with Gasteiger partial charge >= 0.3 is 0 Å². The van der Waals surface area contributed by atoms with Gasteiger partial charge in [0.05, 0.1) is 34.3 Å². The fraction of sp³-hybridized carbons (Fsp3) is 0.500. The lowest BCUT2D eigenvalue weighted by molar-refractivity contribution is 0.0968. The lowest BCUT2D eigenvalue weighted by atomic mass is 9.62. The number of halogens is 2. The first kappa shape index (κ1) is 27.4. The van der Waals surface area contributed by atoms with Crippen molar-refractivity contribution in [2.75, 3.05) is 44.2 Å². The lowest BCUT2D eigenvalue weighted by Crippen LogP contribution is -2.58. The number of piperidine rings is 1. The van der Waals surface area contributed by atoms with Crippen molar-refractivity contribution in [3.63, 3.8) is 0 Å². The standard InChI is InChI=1S/C32H39ClFN5O/c1-3-22-18-39(30-12-9-23(34)17-27(30)33)16-13-32(22)21-38(19-24-7-5-14-35-24)20-29-26(32)10-11-28(37-29)25-8-6-15-36-31(25)40-4-2/h6,8-12,15,17,22,24,35H,3-5,7,13-14,16,18-21H2,1-2H3/t22?,24-,32?/m1/s1. The molecule has 2 saturated heterocycles. The molecule has 1 aromatic carbocycles. The molecular weight excluding hydrogens is 525 g/mol. The highest BCUT2D eigenvalue weighted by atomic mass is 35.5. The van der Waals surface area contributed by atoms with E-state index in [0.29, 0.717) is 29.5 Å². The third-order valence-electron chi connectivity index (χ3n) is 9.15. The minimum atomic E-state index is -0.297. The number of aromatic nitrogens is 2. The Kier molecular flexibility index (Phi) is 7.98. The van der Waals surface area contributed by atoms with Crippen molar-refractivity contribution in [1.82, 2.24) is 20.2 Å². The van der Waals surface area contributed by atoms with Crippen LogP contribution in [0.15, 0.2) is 48.7 Å². The second-order valence-corrected chi connectivity index (χ2v) is 11.9. The van der Waals surface area contributed by atoms with E-state index >= 15 is 0 Å². The van der Waals surface area contributed by atoms with Gasteiger partial charge in [-0.1, -0.05) is 31.0 Å². The van der Waals surface area contributed by atoms with E-state index in [-0.39, 0.29) is 11.2 Å². The van der Waals surface area contributed by atoms with Gasteiger partial charge in [-0.2, -0.15) is 0 Å². The molecule has 1 N–H and O–H groups in total. The van der Waals surface area contributed by atoms with Crippen LogP contribution >= 0.6 is 11.6 Å². The molecule has 8 heteroatoms. The molecule has 5 heterocycles. The maximum atomic E-state index is 13.8. The first-order valence-electron chi connectivity index (χ1n) is 14.7. The van der Waals surface area contributed by atoms with Crippen LogP contribution in [0.3, 0.4) is 0 Å². The molecule has 0 aliphatic carbocycles. The molecule has 3 atom stereocenters. The van der Waals surface area contributed by atoms with Gasteiger partial charge in [0.1, 0.15) is 5.82 Å². The summed E-state index contributed by atoms with van der Waals surface area (Å²) in [5, 5.41) is 4.19. The van der Waals surface area contributed by atoms with Crippen molar-refractivity contribution in [3.8, 4) is 17.1 Å². The van der Waals surface area contributed by atoms with E-state index in [1.807, 2.05) is 25.1 Å². The molecule has 0 saturated carbocycles. The Hall–Kier alpha value is -2.74. The molecule has 0 radical (unpaired) electrons. The topological polar surface area (TPSA) is 53.5 Å². The highest BCUT2D eigenvalue weighted by Gasteiger charge is 2.48. The van der Waals surface area contributed by atoms with E-state index in [1.54, 1.807) is 6.20 Å². The zero-order chi connectivity index (χ0) is 27.7. The van der Waals surface area contributed by atoms with E-state index in [4.69, 9.17) is 21.3 Å². The molecule has 3 aromatic rings. The third-order valence-corrected chi connectivity index (χ3v) is 9.45. The fourth-order valence-corrected chi connectivity index (χ4v) is 7.56. The zero-order valence-corrected chi connectivity index (χ0v) is 24.3. The van der Waals surface area contributed by atoms with Gasteiger partial charge in [0.15, 0.2) is 0 Å². The van der Waals surface area contributed by atoms with Crippen LogP contribution in [0.2, 0.25) is 5.02 Å². The number of nitrogens with zero attached hydrogens (tertiary/aromatic N) is 4. The molecular formula is C32H39ClFN5O. The van der Waals surface area contributed by atoms with Crippen molar-refractivity contribution in [3.05, 3.63) is 70.8 Å². The summed E-state index contributed by atoms with van der Waals surface area (Å²) in [5.41, 5.74) is 5.31. The summed E-state index contributed by atoms with van der Waals surface area (Å²) < 4.78 is 19.7. The Labute approximate surface area is 241 Å². The van der Waals surface area contributed by atoms with Crippen LogP contribution in [0.4, 0.5) is 10.1 Å². The van der Waals surface area contributed by atoms with Gasteiger partial charge in [-0.05, 0) is 80.6 Å². The molecule has 1 spiro atoms. The van der Waals surface area contributed by atoms with Crippen LogP contribution in [0, 0.1) is 11.7 Å². The number of ether oxygens (including phenoxy) is 1. The van der Waals surface area contributed by atoms with Crippen LogP contribution in [-0.4, -0.2) is 60.2 Å². The Balaban J connectivity index is 1.37. The smallest absolute Gasteiger partial charge is 0.222 e. The number of rotatable bonds is 7. The quantitative estimate of drug-likeness (QED) is 0.376. The van der Waals surface area contributed by atoms with Crippen molar-refractivity contribution in [2.24, 2.45) is 5.92 Å². The number of benzene rings is 1. The molecule has 2 unspecified atom stereocenters. The van der Waals surface area contributed by atoms with E-state index < -0.39 is 0 Å². The van der Waals surface area contributed by atoms with Crippen LogP contribution in [-0.2, 0) is 12.0 Å². The fourth-order valence-electron chi connectivity index (χ4n) is 7.28. The molecule has 2 aromatic heterocycles. The molecule has 6 rings (SSSR count). The van der Waals surface area contributed by atoms with E-state index in [1.165, 1.54) is 36.2 Å². The Morgan fingerprint density at radius 1 is 1.20 bits per heavy atom. The van der Waals surface area contributed by atoms with Gasteiger partial charge in [-0.3, -0.25) is 9.88 Å². The lowest BCUT2D eigenvalue weighted by Gasteiger charge is -2.53. The zero-order valence-electron chi connectivity index (χ0n) is 23.5. The number of hydrogen-bond donors (Lipinski definition) is 1. The van der Waals surface area contributed by atoms with Crippen molar-refractivity contribution in [2.45, 2.75) is 57.5 Å². The summed E-state index contributed by atoms with van der Waals surface area (Å²) in [6, 6.07) is 13.8. The molecule has 3 aliphatic heterocycles. The van der Waals surface area contributed by atoms with E-state index in [2.05, 4.69) is 39.2 Å². The Morgan fingerprint density at radius 3 is 2.88 bits per heavy atom. The van der Waals surface area contributed by atoms with Crippen molar-refractivity contribution in [1.29, 1.82) is 0 Å². The molecule has 0 bridgehead atoms. The normalized spacial score (nSPS) is 24.9. The van der Waals surface area contributed by atoms with Crippen LogP contribution in [0.25, 0.3) is 11.3 Å². The van der Waals surface area contributed by atoms with Crippen LogP contribution in [0.5, 0.6) is 5.88 Å². The maximum absolute atomic E-state index is 13.8. The highest BCUT2D eigenvalue weighted by molar-refractivity contribution is 6.33. The van der Waals surface area contributed by atoms with E-state index in [9.17, 15) is 4.39 Å². The second kappa shape index (κ2) is 11.6. The van der Waals surface area contributed by atoms with Gasteiger partial charge in [0, 0.05) is 50.4 Å². The minimum absolute atomic E-state index is 0.00679. The number of nitrogens with one attached hydrogen (secondary N) is 1. The summed E-state index contributed by atoms with van der Waals surface area (Å²) in [6.07, 6.45) is 6.29. The van der Waals surface area contributed by atoms with Gasteiger partial charge in [-0.25, -0.2) is 9.37 Å². The average molecular weight is 564 g/mol. The first-order valence-corrected chi connectivity index (χ1v) is 15.1. The first-order chi connectivity index (χ1) is 19.5. The summed E-state index contributed by atoms with van der Waals surface area (Å²) >= 11 is 6.52. The van der Waals surface area contributed by atoms with Gasteiger partial charge < -0.3 is 15.0 Å². The maximum Gasteiger partial charge on any atom is 0.222 e. The van der Waals surface area contributed by atoms with Gasteiger partial charge in [0.2, 0.25) is 5.88 Å². The predicted molar refractivity (Wildman–Crippen MR) is 159 cm³/mol. The van der Waals surface area contributed by atoms with Crippen molar-refractivity contribution >= 4 is 17.3 Å².